The Bertz CT molecular complexity index is 1230. The van der Waals surface area contributed by atoms with Crippen molar-refractivity contribution in [1.82, 2.24) is 10.2 Å². The summed E-state index contributed by atoms with van der Waals surface area (Å²) in [5.74, 6) is 0.895. The quantitative estimate of drug-likeness (QED) is 0.565. The molecule has 33 heavy (non-hydrogen) atoms. The number of nitrogens with one attached hydrogen (secondary N) is 2. The second-order valence-corrected chi connectivity index (χ2v) is 8.65. The van der Waals surface area contributed by atoms with Gasteiger partial charge in [0.05, 0.1) is 11.1 Å². The second-order valence-electron chi connectivity index (χ2n) is 8.65. The lowest BCUT2D eigenvalue weighted by atomic mass is 10.0. The minimum Gasteiger partial charge on any atom is -0.457 e. The highest BCUT2D eigenvalue weighted by atomic mass is 16.3. The van der Waals surface area contributed by atoms with Crippen LogP contribution in [0.3, 0.4) is 0 Å². The van der Waals surface area contributed by atoms with Crippen LogP contribution in [0.4, 0.5) is 5.69 Å². The number of likely N-dealkylation sites (tertiary alicyclic amines) is 1. The highest BCUT2D eigenvalue weighted by Crippen LogP contribution is 2.34. The number of para-hydroxylation sites is 1. The smallest absolute Gasteiger partial charge is 0.256 e. The highest BCUT2D eigenvalue weighted by molar-refractivity contribution is 6.34. The Morgan fingerprint density at radius 3 is 2.73 bits per heavy atom. The van der Waals surface area contributed by atoms with Crippen molar-refractivity contribution in [2.45, 2.75) is 25.3 Å². The molecule has 2 aliphatic heterocycles. The summed E-state index contributed by atoms with van der Waals surface area (Å²) in [4.78, 5) is 27.7. The van der Waals surface area contributed by atoms with Crippen LogP contribution in [0.1, 0.15) is 40.9 Å². The number of likely N-dealkylation sites (N-methyl/N-ethyl adjacent to an activating group) is 1. The Morgan fingerprint density at radius 1 is 1.09 bits per heavy atom. The predicted molar refractivity (Wildman–Crippen MR) is 130 cm³/mol. The molecule has 3 heterocycles. The molecule has 2 amide bonds. The fourth-order valence-corrected chi connectivity index (χ4v) is 4.60. The van der Waals surface area contributed by atoms with E-state index >= 15 is 0 Å². The number of carbonyl (C=O) groups excluding carboxylic acids is 2. The number of furan rings is 1. The number of benzene rings is 2. The van der Waals surface area contributed by atoms with Crippen molar-refractivity contribution in [2.75, 3.05) is 25.5 Å². The lowest BCUT2D eigenvalue weighted by Crippen LogP contribution is -2.44. The number of amides is 2. The third kappa shape index (κ3) is 4.34. The average molecular weight is 442 g/mol. The summed E-state index contributed by atoms with van der Waals surface area (Å²) in [6, 6.07) is 19.1. The van der Waals surface area contributed by atoms with Crippen LogP contribution in [0.15, 0.2) is 65.1 Å². The molecule has 5 rings (SSSR count). The first-order valence-electron chi connectivity index (χ1n) is 11.4. The van der Waals surface area contributed by atoms with Crippen LogP contribution in [0.5, 0.6) is 0 Å². The first-order valence-corrected chi connectivity index (χ1v) is 11.4. The van der Waals surface area contributed by atoms with E-state index in [-0.39, 0.29) is 11.8 Å². The lowest BCUT2D eigenvalue weighted by Gasteiger charge is -2.32. The Balaban J connectivity index is 1.36. The van der Waals surface area contributed by atoms with Crippen molar-refractivity contribution >= 4 is 29.2 Å². The number of nitrogens with zero attached hydrogens (tertiary/aromatic N) is 1. The summed E-state index contributed by atoms with van der Waals surface area (Å²) in [5.41, 5.74) is 3.52. The Labute approximate surface area is 193 Å². The molecule has 1 saturated heterocycles. The topological polar surface area (TPSA) is 74.6 Å². The molecule has 0 radical (unpaired) electrons. The van der Waals surface area contributed by atoms with Crippen molar-refractivity contribution in [2.24, 2.45) is 0 Å². The van der Waals surface area contributed by atoms with Crippen molar-refractivity contribution in [1.29, 1.82) is 0 Å². The van der Waals surface area contributed by atoms with Gasteiger partial charge < -0.3 is 20.0 Å². The van der Waals surface area contributed by atoms with Gasteiger partial charge >= 0.3 is 0 Å². The fourth-order valence-electron chi connectivity index (χ4n) is 4.60. The molecule has 1 unspecified atom stereocenters. The summed E-state index contributed by atoms with van der Waals surface area (Å²) in [6.07, 6.45) is 5.26. The summed E-state index contributed by atoms with van der Waals surface area (Å²) < 4.78 is 6.05. The minimum absolute atomic E-state index is 0.107. The van der Waals surface area contributed by atoms with Gasteiger partial charge in [-0.3, -0.25) is 9.59 Å². The van der Waals surface area contributed by atoms with Crippen molar-refractivity contribution in [3.05, 3.63) is 77.6 Å². The van der Waals surface area contributed by atoms with Crippen LogP contribution < -0.4 is 10.6 Å². The van der Waals surface area contributed by atoms with E-state index in [1.54, 1.807) is 6.08 Å². The Morgan fingerprint density at radius 2 is 1.88 bits per heavy atom. The first kappa shape index (κ1) is 21.2. The van der Waals surface area contributed by atoms with E-state index < -0.39 is 0 Å². The third-order valence-electron chi connectivity index (χ3n) is 6.48. The van der Waals surface area contributed by atoms with Crippen LogP contribution >= 0.6 is 0 Å². The van der Waals surface area contributed by atoms with Gasteiger partial charge in [-0.15, -0.1) is 0 Å². The maximum atomic E-state index is 13.0. The SMILES string of the molecule is CN1CCCCC1CNC(=O)c1ccccc1-c1ccc(C=C2C(=O)Nc3ccccc32)o1. The largest absolute Gasteiger partial charge is 0.457 e. The molecule has 1 aromatic heterocycles. The number of carbonyl (C=O) groups is 2. The highest BCUT2D eigenvalue weighted by Gasteiger charge is 2.24. The van der Waals surface area contributed by atoms with Gasteiger partial charge in [-0.25, -0.2) is 0 Å². The normalized spacial score (nSPS) is 19.4. The molecule has 2 aliphatic rings. The molecule has 2 N–H and O–H groups in total. The molecule has 6 nitrogen and oxygen atoms in total. The zero-order valence-corrected chi connectivity index (χ0v) is 18.6. The van der Waals surface area contributed by atoms with Gasteiger partial charge in [0.25, 0.3) is 11.8 Å². The van der Waals surface area contributed by atoms with Gasteiger partial charge in [0, 0.05) is 29.4 Å². The zero-order valence-electron chi connectivity index (χ0n) is 18.6. The van der Waals surface area contributed by atoms with Gasteiger partial charge in [0.2, 0.25) is 0 Å². The molecule has 0 aliphatic carbocycles. The molecule has 1 atom stereocenters. The van der Waals surface area contributed by atoms with E-state index in [4.69, 9.17) is 4.42 Å². The molecule has 3 aromatic rings. The molecule has 168 valence electrons. The van der Waals surface area contributed by atoms with Gasteiger partial charge in [0.15, 0.2) is 0 Å². The lowest BCUT2D eigenvalue weighted by molar-refractivity contribution is -0.110. The number of piperidine rings is 1. The first-order chi connectivity index (χ1) is 16.1. The Hall–Kier alpha value is -3.64. The second kappa shape index (κ2) is 9.08. The van der Waals surface area contributed by atoms with E-state index in [2.05, 4.69) is 22.6 Å². The third-order valence-corrected chi connectivity index (χ3v) is 6.48. The van der Waals surface area contributed by atoms with Crippen molar-refractivity contribution in [3.63, 3.8) is 0 Å². The van der Waals surface area contributed by atoms with E-state index in [1.165, 1.54) is 12.8 Å². The van der Waals surface area contributed by atoms with Crippen LogP contribution in [0.2, 0.25) is 0 Å². The van der Waals surface area contributed by atoms with Crippen LogP contribution in [0, 0.1) is 0 Å². The summed E-state index contributed by atoms with van der Waals surface area (Å²) in [5, 5.41) is 5.97. The number of hydrogen-bond donors (Lipinski definition) is 2. The van der Waals surface area contributed by atoms with Crippen LogP contribution in [0.25, 0.3) is 23.0 Å². The molecule has 0 saturated carbocycles. The van der Waals surface area contributed by atoms with Gasteiger partial charge in [0.1, 0.15) is 11.5 Å². The maximum Gasteiger partial charge on any atom is 0.256 e. The van der Waals surface area contributed by atoms with Gasteiger partial charge in [-0.2, -0.15) is 0 Å². The fraction of sp³-hybridized carbons (Fsp3) is 0.259. The van der Waals surface area contributed by atoms with E-state index in [1.807, 2.05) is 60.7 Å². The summed E-state index contributed by atoms with van der Waals surface area (Å²) in [6.45, 7) is 1.71. The number of rotatable bonds is 5. The zero-order chi connectivity index (χ0) is 22.8. The number of hydrogen-bond acceptors (Lipinski definition) is 4. The maximum absolute atomic E-state index is 13.0. The van der Waals surface area contributed by atoms with Crippen molar-refractivity contribution < 1.29 is 14.0 Å². The van der Waals surface area contributed by atoms with E-state index in [9.17, 15) is 9.59 Å². The molecule has 2 aromatic carbocycles. The number of fused-ring (bicyclic) bond motifs is 1. The molecular weight excluding hydrogens is 414 g/mol. The molecule has 6 heteroatoms. The molecule has 0 bridgehead atoms. The van der Waals surface area contributed by atoms with E-state index in [0.29, 0.717) is 35.2 Å². The Kier molecular flexibility index (Phi) is 5.84. The van der Waals surface area contributed by atoms with Crippen LogP contribution in [-0.4, -0.2) is 42.9 Å². The predicted octanol–water partition coefficient (Wildman–Crippen LogP) is 4.65. The number of anilines is 1. The van der Waals surface area contributed by atoms with Gasteiger partial charge in [-0.05, 0) is 56.8 Å². The van der Waals surface area contributed by atoms with Crippen LogP contribution in [-0.2, 0) is 4.79 Å². The standard InChI is InChI=1S/C27H27N3O3/c1-30-15-7-6-8-18(30)17-28-26(31)22-11-3-2-10-21(22)25-14-13-19(33-25)16-23-20-9-4-5-12-24(20)29-27(23)32/h2-5,9-14,16,18H,6-8,15,17H2,1H3,(H,28,31)(H,29,32). The summed E-state index contributed by atoms with van der Waals surface area (Å²) >= 11 is 0. The monoisotopic (exact) mass is 441 g/mol. The van der Waals surface area contributed by atoms with Crippen molar-refractivity contribution in [3.8, 4) is 11.3 Å². The molecule has 1 fully saturated rings. The summed E-state index contributed by atoms with van der Waals surface area (Å²) in [7, 11) is 2.12. The minimum atomic E-state index is -0.151. The molecular formula is C27H27N3O3. The average Bonchev–Trinajstić information content (AvgIpc) is 3.43. The van der Waals surface area contributed by atoms with Gasteiger partial charge in [-0.1, -0.05) is 42.8 Å². The molecule has 0 spiro atoms. The van der Waals surface area contributed by atoms with E-state index in [0.717, 1.165) is 29.8 Å².